The topological polar surface area (TPSA) is 51.7 Å². The highest BCUT2D eigenvalue weighted by molar-refractivity contribution is 5.95. The van der Waals surface area contributed by atoms with E-state index in [0.29, 0.717) is 24.4 Å². The Bertz CT molecular complexity index is 865. The molecular formula is C20H20N2O3. The summed E-state index contributed by atoms with van der Waals surface area (Å²) in [5.41, 5.74) is 2.24. The van der Waals surface area contributed by atoms with Gasteiger partial charge in [0, 0.05) is 18.1 Å². The number of methoxy groups -OCH3 is 1. The van der Waals surface area contributed by atoms with Crippen LogP contribution in [-0.2, 0) is 11.4 Å². The SMILES string of the molecule is CCN(Cc1ccccc1)OC(=O)c1cnc2cccc(OC)c2c1. The largest absolute Gasteiger partial charge is 0.496 e. The van der Waals surface area contributed by atoms with Crippen molar-refractivity contribution in [3.8, 4) is 5.75 Å². The second-order valence-electron chi connectivity index (χ2n) is 5.57. The molecule has 25 heavy (non-hydrogen) atoms. The summed E-state index contributed by atoms with van der Waals surface area (Å²) < 4.78 is 5.34. The van der Waals surface area contributed by atoms with Crippen LogP contribution in [0.3, 0.4) is 0 Å². The molecule has 0 saturated carbocycles. The van der Waals surface area contributed by atoms with Gasteiger partial charge in [0.15, 0.2) is 0 Å². The third-order valence-electron chi connectivity index (χ3n) is 3.91. The zero-order chi connectivity index (χ0) is 17.6. The number of fused-ring (bicyclic) bond motifs is 1. The van der Waals surface area contributed by atoms with E-state index in [1.165, 1.54) is 6.20 Å². The molecule has 3 rings (SSSR count). The Hall–Kier alpha value is -2.92. The summed E-state index contributed by atoms with van der Waals surface area (Å²) in [6, 6.07) is 17.2. The highest BCUT2D eigenvalue weighted by Crippen LogP contribution is 2.25. The summed E-state index contributed by atoms with van der Waals surface area (Å²) in [5.74, 6) is 0.245. The van der Waals surface area contributed by atoms with E-state index in [4.69, 9.17) is 9.57 Å². The van der Waals surface area contributed by atoms with Crippen LogP contribution in [0.5, 0.6) is 5.75 Å². The average molecular weight is 336 g/mol. The molecule has 1 aromatic heterocycles. The number of pyridine rings is 1. The van der Waals surface area contributed by atoms with Crippen LogP contribution in [0.2, 0.25) is 0 Å². The molecule has 0 atom stereocenters. The molecule has 0 bridgehead atoms. The predicted molar refractivity (Wildman–Crippen MR) is 96.2 cm³/mol. The molecule has 1 heterocycles. The summed E-state index contributed by atoms with van der Waals surface area (Å²) in [7, 11) is 1.60. The molecule has 0 spiro atoms. The highest BCUT2D eigenvalue weighted by Gasteiger charge is 2.15. The Balaban J connectivity index is 1.79. The number of rotatable bonds is 6. The van der Waals surface area contributed by atoms with Crippen molar-refractivity contribution in [3.05, 3.63) is 71.9 Å². The second-order valence-corrected chi connectivity index (χ2v) is 5.57. The first-order valence-electron chi connectivity index (χ1n) is 8.15. The lowest BCUT2D eigenvalue weighted by atomic mass is 10.1. The van der Waals surface area contributed by atoms with Gasteiger partial charge in [-0.2, -0.15) is 0 Å². The van der Waals surface area contributed by atoms with E-state index in [9.17, 15) is 4.79 Å². The number of hydroxylamine groups is 2. The lowest BCUT2D eigenvalue weighted by Crippen LogP contribution is -2.27. The van der Waals surface area contributed by atoms with Crippen molar-refractivity contribution in [2.45, 2.75) is 13.5 Å². The van der Waals surface area contributed by atoms with Crippen LogP contribution in [0, 0.1) is 0 Å². The van der Waals surface area contributed by atoms with Crippen LogP contribution in [0.4, 0.5) is 0 Å². The molecule has 2 aromatic carbocycles. The maximum Gasteiger partial charge on any atom is 0.358 e. The monoisotopic (exact) mass is 336 g/mol. The van der Waals surface area contributed by atoms with E-state index in [2.05, 4.69) is 4.98 Å². The fourth-order valence-corrected chi connectivity index (χ4v) is 2.58. The van der Waals surface area contributed by atoms with E-state index in [1.54, 1.807) is 18.2 Å². The number of hydrogen-bond donors (Lipinski definition) is 0. The molecule has 0 aliphatic carbocycles. The van der Waals surface area contributed by atoms with E-state index >= 15 is 0 Å². The Kier molecular flexibility index (Phi) is 5.26. The van der Waals surface area contributed by atoms with Gasteiger partial charge in [0.2, 0.25) is 0 Å². The summed E-state index contributed by atoms with van der Waals surface area (Å²) >= 11 is 0. The van der Waals surface area contributed by atoms with Crippen molar-refractivity contribution in [2.75, 3.05) is 13.7 Å². The number of ether oxygens (including phenoxy) is 1. The smallest absolute Gasteiger partial charge is 0.358 e. The van der Waals surface area contributed by atoms with Gasteiger partial charge in [0.05, 0.1) is 24.7 Å². The van der Waals surface area contributed by atoms with Crippen LogP contribution < -0.4 is 4.74 Å². The molecule has 0 fully saturated rings. The average Bonchev–Trinajstić information content (AvgIpc) is 2.67. The molecule has 3 aromatic rings. The molecule has 0 radical (unpaired) electrons. The van der Waals surface area contributed by atoms with E-state index < -0.39 is 5.97 Å². The highest BCUT2D eigenvalue weighted by atomic mass is 16.7. The van der Waals surface area contributed by atoms with Gasteiger partial charge in [-0.05, 0) is 30.7 Å². The fourth-order valence-electron chi connectivity index (χ4n) is 2.58. The van der Waals surface area contributed by atoms with Crippen molar-refractivity contribution >= 4 is 16.9 Å². The Labute approximate surface area is 146 Å². The minimum absolute atomic E-state index is 0.392. The van der Waals surface area contributed by atoms with E-state index in [0.717, 1.165) is 16.5 Å². The number of carbonyl (C=O) groups excluding carboxylic acids is 1. The van der Waals surface area contributed by atoms with Crippen LogP contribution >= 0.6 is 0 Å². The summed E-state index contributed by atoms with van der Waals surface area (Å²) in [4.78, 5) is 22.4. The number of aromatic nitrogens is 1. The van der Waals surface area contributed by atoms with Gasteiger partial charge in [0.1, 0.15) is 5.75 Å². The Morgan fingerprint density at radius 3 is 2.64 bits per heavy atom. The third kappa shape index (κ3) is 3.95. The van der Waals surface area contributed by atoms with Gasteiger partial charge < -0.3 is 9.57 Å². The molecule has 0 unspecified atom stereocenters. The quantitative estimate of drug-likeness (QED) is 0.640. The minimum atomic E-state index is -0.432. The zero-order valence-electron chi connectivity index (χ0n) is 14.3. The minimum Gasteiger partial charge on any atom is -0.496 e. The van der Waals surface area contributed by atoms with Crippen molar-refractivity contribution in [1.82, 2.24) is 10.0 Å². The van der Waals surface area contributed by atoms with Gasteiger partial charge in [-0.15, -0.1) is 5.06 Å². The Morgan fingerprint density at radius 1 is 1.12 bits per heavy atom. The first-order chi connectivity index (χ1) is 12.2. The third-order valence-corrected chi connectivity index (χ3v) is 3.91. The van der Waals surface area contributed by atoms with Crippen LogP contribution in [-0.4, -0.2) is 29.7 Å². The van der Waals surface area contributed by atoms with Crippen LogP contribution in [0.15, 0.2) is 60.8 Å². The van der Waals surface area contributed by atoms with Crippen molar-refractivity contribution < 1.29 is 14.4 Å². The molecule has 5 nitrogen and oxygen atoms in total. The first kappa shape index (κ1) is 16.9. The second kappa shape index (κ2) is 7.77. The predicted octanol–water partition coefficient (Wildman–Crippen LogP) is 3.84. The first-order valence-corrected chi connectivity index (χ1v) is 8.15. The van der Waals surface area contributed by atoms with Gasteiger partial charge >= 0.3 is 5.97 Å². The lowest BCUT2D eigenvalue weighted by molar-refractivity contribution is -0.113. The molecule has 0 aliphatic rings. The van der Waals surface area contributed by atoms with Gasteiger partial charge in [-0.1, -0.05) is 36.4 Å². The number of hydrogen-bond acceptors (Lipinski definition) is 5. The molecule has 0 saturated heterocycles. The molecular weight excluding hydrogens is 316 g/mol. The van der Waals surface area contributed by atoms with Gasteiger partial charge in [-0.25, -0.2) is 4.79 Å². The lowest BCUT2D eigenvalue weighted by Gasteiger charge is -2.19. The van der Waals surface area contributed by atoms with Crippen LogP contribution in [0.1, 0.15) is 22.8 Å². The molecule has 0 aliphatic heterocycles. The number of benzene rings is 2. The number of nitrogens with zero attached hydrogens (tertiary/aromatic N) is 2. The summed E-state index contributed by atoms with van der Waals surface area (Å²) in [5, 5.41) is 2.41. The molecule has 5 heteroatoms. The Morgan fingerprint density at radius 2 is 1.92 bits per heavy atom. The van der Waals surface area contributed by atoms with Gasteiger partial charge in [-0.3, -0.25) is 4.98 Å². The van der Waals surface area contributed by atoms with Crippen LogP contribution in [0.25, 0.3) is 10.9 Å². The normalized spacial score (nSPS) is 10.8. The summed E-state index contributed by atoms with van der Waals surface area (Å²) in [6.07, 6.45) is 1.53. The summed E-state index contributed by atoms with van der Waals surface area (Å²) in [6.45, 7) is 3.07. The fraction of sp³-hybridized carbons (Fsp3) is 0.200. The van der Waals surface area contributed by atoms with Crippen molar-refractivity contribution in [1.29, 1.82) is 0 Å². The van der Waals surface area contributed by atoms with E-state index in [-0.39, 0.29) is 0 Å². The molecule has 0 N–H and O–H groups in total. The maximum absolute atomic E-state index is 12.5. The number of carbonyl (C=O) groups is 1. The molecule has 128 valence electrons. The van der Waals surface area contributed by atoms with Gasteiger partial charge in [0.25, 0.3) is 0 Å². The molecule has 0 amide bonds. The standard InChI is InChI=1S/C20H20N2O3/c1-3-22(14-15-8-5-4-6-9-15)25-20(23)16-12-17-18(21-13-16)10-7-11-19(17)24-2/h4-13H,3,14H2,1-2H3. The van der Waals surface area contributed by atoms with Crippen molar-refractivity contribution in [3.63, 3.8) is 0 Å². The van der Waals surface area contributed by atoms with Crippen molar-refractivity contribution in [2.24, 2.45) is 0 Å². The maximum atomic E-state index is 12.5. The zero-order valence-corrected chi connectivity index (χ0v) is 14.3. The van der Waals surface area contributed by atoms with E-state index in [1.807, 2.05) is 55.5 Å².